The number of piperidine rings is 1. The minimum Gasteiger partial charge on any atom is -0.491 e. The van der Waals surface area contributed by atoms with Gasteiger partial charge in [-0.3, -0.25) is 0 Å². The van der Waals surface area contributed by atoms with Crippen LogP contribution in [0.4, 0.5) is 5.69 Å². The van der Waals surface area contributed by atoms with Gasteiger partial charge in [0.2, 0.25) is 0 Å². The topological polar surface area (TPSA) is 24.5 Å². The molecule has 0 amide bonds. The van der Waals surface area contributed by atoms with E-state index in [0.29, 0.717) is 11.5 Å². The Morgan fingerprint density at radius 3 is 3.00 bits per heavy atom. The molecule has 2 aliphatic heterocycles. The van der Waals surface area contributed by atoms with Gasteiger partial charge in [0.05, 0.1) is 12.3 Å². The zero-order chi connectivity index (χ0) is 14.0. The summed E-state index contributed by atoms with van der Waals surface area (Å²) >= 11 is 0. The second-order valence-electron chi connectivity index (χ2n) is 6.71. The Labute approximate surface area is 122 Å². The van der Waals surface area contributed by atoms with Crippen molar-refractivity contribution in [3.8, 4) is 5.75 Å². The summed E-state index contributed by atoms with van der Waals surface area (Å²) in [6, 6.07) is 9.01. The van der Waals surface area contributed by atoms with Gasteiger partial charge in [0.25, 0.3) is 0 Å². The Kier molecular flexibility index (Phi) is 3.88. The molecule has 1 saturated heterocycles. The van der Waals surface area contributed by atoms with Crippen molar-refractivity contribution in [2.45, 2.75) is 39.2 Å². The van der Waals surface area contributed by atoms with Crippen molar-refractivity contribution in [1.29, 1.82) is 0 Å². The molecule has 3 nitrogen and oxygen atoms in total. The number of hydrogen-bond donors (Lipinski definition) is 1. The average molecular weight is 274 g/mol. The van der Waals surface area contributed by atoms with Crippen molar-refractivity contribution in [2.75, 3.05) is 31.1 Å². The molecule has 2 aliphatic rings. The van der Waals surface area contributed by atoms with E-state index in [2.05, 4.69) is 48.3 Å². The van der Waals surface area contributed by atoms with Crippen LogP contribution >= 0.6 is 0 Å². The molecule has 0 aliphatic carbocycles. The lowest BCUT2D eigenvalue weighted by atomic mass is 9.77. The van der Waals surface area contributed by atoms with Crippen molar-refractivity contribution < 1.29 is 4.74 Å². The van der Waals surface area contributed by atoms with E-state index in [1.807, 2.05) is 0 Å². The van der Waals surface area contributed by atoms with E-state index in [9.17, 15) is 0 Å². The number of hydrogen-bond acceptors (Lipinski definition) is 3. The number of benzene rings is 1. The van der Waals surface area contributed by atoms with Gasteiger partial charge in [0.15, 0.2) is 0 Å². The fourth-order valence-corrected chi connectivity index (χ4v) is 3.39. The maximum Gasteiger partial charge on any atom is 0.142 e. The lowest BCUT2D eigenvalue weighted by molar-refractivity contribution is 0.182. The Bertz CT molecular complexity index is 458. The zero-order valence-electron chi connectivity index (χ0n) is 12.7. The maximum atomic E-state index is 5.86. The summed E-state index contributed by atoms with van der Waals surface area (Å²) in [6.07, 6.45) is 3.71. The molecule has 2 heterocycles. The van der Waals surface area contributed by atoms with Crippen LogP contribution in [0.3, 0.4) is 0 Å². The van der Waals surface area contributed by atoms with Gasteiger partial charge >= 0.3 is 0 Å². The highest BCUT2D eigenvalue weighted by Crippen LogP contribution is 2.34. The average Bonchev–Trinajstić information content (AvgIpc) is 2.64. The summed E-state index contributed by atoms with van der Waals surface area (Å²) in [7, 11) is 0. The van der Waals surface area contributed by atoms with E-state index in [-0.39, 0.29) is 0 Å². The first-order valence-corrected chi connectivity index (χ1v) is 7.87. The van der Waals surface area contributed by atoms with Crippen molar-refractivity contribution in [3.63, 3.8) is 0 Å². The summed E-state index contributed by atoms with van der Waals surface area (Å²) in [6.45, 7) is 8.93. The van der Waals surface area contributed by atoms with Gasteiger partial charge in [-0.25, -0.2) is 0 Å². The maximum absolute atomic E-state index is 5.86. The van der Waals surface area contributed by atoms with Gasteiger partial charge in [-0.1, -0.05) is 26.0 Å². The van der Waals surface area contributed by atoms with Crippen molar-refractivity contribution in [3.05, 3.63) is 24.3 Å². The van der Waals surface area contributed by atoms with Gasteiger partial charge in [-0.2, -0.15) is 0 Å². The summed E-state index contributed by atoms with van der Waals surface area (Å²) in [5, 5.41) is 3.73. The van der Waals surface area contributed by atoms with Crippen LogP contribution in [-0.4, -0.2) is 32.3 Å². The van der Waals surface area contributed by atoms with Crippen LogP contribution in [0.2, 0.25) is 0 Å². The van der Waals surface area contributed by atoms with Crippen molar-refractivity contribution in [2.24, 2.45) is 5.41 Å². The number of anilines is 1. The Morgan fingerprint density at radius 2 is 2.15 bits per heavy atom. The third kappa shape index (κ3) is 2.78. The van der Waals surface area contributed by atoms with E-state index in [4.69, 9.17) is 4.74 Å². The molecule has 0 spiro atoms. The molecule has 3 rings (SSSR count). The van der Waals surface area contributed by atoms with E-state index in [1.54, 1.807) is 0 Å². The molecule has 3 heteroatoms. The van der Waals surface area contributed by atoms with Gasteiger partial charge < -0.3 is 15.0 Å². The second kappa shape index (κ2) is 5.65. The molecule has 0 aromatic heterocycles. The fourth-order valence-electron chi connectivity index (χ4n) is 3.39. The van der Waals surface area contributed by atoms with Gasteiger partial charge in [-0.15, -0.1) is 0 Å². The Morgan fingerprint density at radius 1 is 1.30 bits per heavy atom. The quantitative estimate of drug-likeness (QED) is 0.897. The van der Waals surface area contributed by atoms with Crippen LogP contribution in [0.15, 0.2) is 24.3 Å². The van der Waals surface area contributed by atoms with E-state index >= 15 is 0 Å². The minimum atomic E-state index is 0.375. The molecule has 1 atom stereocenters. The highest BCUT2D eigenvalue weighted by Gasteiger charge is 2.33. The predicted octanol–water partition coefficient (Wildman–Crippen LogP) is 3.05. The van der Waals surface area contributed by atoms with Crippen molar-refractivity contribution >= 4 is 5.69 Å². The van der Waals surface area contributed by atoms with E-state index < -0.39 is 0 Å². The highest BCUT2D eigenvalue weighted by molar-refractivity contribution is 5.59. The van der Waals surface area contributed by atoms with Crippen LogP contribution in [0.25, 0.3) is 0 Å². The lowest BCUT2D eigenvalue weighted by Gasteiger charge is -2.42. The van der Waals surface area contributed by atoms with Crippen LogP contribution in [0.1, 0.15) is 33.1 Å². The monoisotopic (exact) mass is 274 g/mol. The highest BCUT2D eigenvalue weighted by atomic mass is 16.5. The first-order chi connectivity index (χ1) is 9.67. The summed E-state index contributed by atoms with van der Waals surface area (Å²) in [4.78, 5) is 2.51. The van der Waals surface area contributed by atoms with Crippen LogP contribution in [-0.2, 0) is 0 Å². The molecule has 20 heavy (non-hydrogen) atoms. The third-order valence-electron chi connectivity index (χ3n) is 4.77. The van der Waals surface area contributed by atoms with E-state index in [1.165, 1.54) is 18.5 Å². The molecule has 1 N–H and O–H groups in total. The molecule has 1 aromatic carbocycles. The van der Waals surface area contributed by atoms with Crippen LogP contribution < -0.4 is 15.0 Å². The molecule has 110 valence electrons. The SMILES string of the molecule is CC1(C)CCCNC1CN1CCCOc2ccccc21. The third-order valence-corrected chi connectivity index (χ3v) is 4.77. The molecule has 1 fully saturated rings. The summed E-state index contributed by atoms with van der Waals surface area (Å²) in [5.74, 6) is 1.04. The molecular formula is C17H26N2O. The normalized spacial score (nSPS) is 25.5. The van der Waals surface area contributed by atoms with Gasteiger partial charge in [-0.05, 0) is 43.4 Å². The largest absolute Gasteiger partial charge is 0.491 e. The fraction of sp³-hybridized carbons (Fsp3) is 0.647. The van der Waals surface area contributed by atoms with Gasteiger partial charge in [0, 0.05) is 19.1 Å². The first-order valence-electron chi connectivity index (χ1n) is 7.87. The number of para-hydroxylation sites is 2. The number of nitrogens with zero attached hydrogens (tertiary/aromatic N) is 1. The Balaban J connectivity index is 1.80. The van der Waals surface area contributed by atoms with Crippen LogP contribution in [0.5, 0.6) is 5.75 Å². The molecule has 0 bridgehead atoms. The molecule has 1 unspecified atom stereocenters. The standard InChI is InChI=1S/C17H26N2O/c1-17(2)9-5-10-18-16(17)13-19-11-6-12-20-15-8-4-3-7-14(15)19/h3-4,7-8,16,18H,5-6,9-13H2,1-2H3. The number of nitrogens with one attached hydrogen (secondary N) is 1. The molecule has 1 aromatic rings. The molecule has 0 radical (unpaired) electrons. The first kappa shape index (κ1) is 13.7. The van der Waals surface area contributed by atoms with Crippen molar-refractivity contribution in [1.82, 2.24) is 5.32 Å². The lowest BCUT2D eigenvalue weighted by Crippen LogP contribution is -2.53. The minimum absolute atomic E-state index is 0.375. The van der Waals surface area contributed by atoms with Crippen LogP contribution in [0, 0.1) is 5.41 Å². The number of fused-ring (bicyclic) bond motifs is 1. The molecular weight excluding hydrogens is 248 g/mol. The van der Waals surface area contributed by atoms with E-state index in [0.717, 1.165) is 38.4 Å². The second-order valence-corrected chi connectivity index (χ2v) is 6.71. The Hall–Kier alpha value is -1.22. The zero-order valence-corrected chi connectivity index (χ0v) is 12.7. The number of ether oxygens (including phenoxy) is 1. The van der Waals surface area contributed by atoms with Gasteiger partial charge in [0.1, 0.15) is 5.75 Å². The summed E-state index contributed by atoms with van der Waals surface area (Å²) < 4.78 is 5.86. The smallest absolute Gasteiger partial charge is 0.142 e. The molecule has 0 saturated carbocycles. The predicted molar refractivity (Wildman–Crippen MR) is 83.6 cm³/mol. The number of rotatable bonds is 2. The summed E-state index contributed by atoms with van der Waals surface area (Å²) in [5.41, 5.74) is 1.63.